The predicted octanol–water partition coefficient (Wildman–Crippen LogP) is 13.9. The van der Waals surface area contributed by atoms with Crippen molar-refractivity contribution in [3.63, 3.8) is 0 Å². The third-order valence-corrected chi connectivity index (χ3v) is 12.0. The molecule has 0 aliphatic carbocycles. The zero-order valence-electron chi connectivity index (χ0n) is 35.7. The minimum Gasteiger partial charge on any atom is -0.340 e. The van der Waals surface area contributed by atoms with E-state index in [1.165, 1.54) is 55.3 Å². The van der Waals surface area contributed by atoms with Crippen molar-refractivity contribution in [2.24, 2.45) is 0 Å². The second-order valence-electron chi connectivity index (χ2n) is 16.4. The molecule has 0 saturated heterocycles. The van der Waals surface area contributed by atoms with Crippen molar-refractivity contribution in [1.82, 2.24) is 28.2 Å². The maximum Gasteiger partial charge on any atom is 0.0774 e. The normalized spacial score (nSPS) is 11.4. The molecule has 6 aromatic heterocycles. The quantitative estimate of drug-likeness (QED) is 0.128. The molecule has 0 N–H and O–H groups in total. The monoisotopic (exact) mass is 1380 g/mol. The molecule has 0 aliphatic heterocycles. The predicted molar refractivity (Wildman–Crippen MR) is 253 cm³/mol. The van der Waals surface area contributed by atoms with E-state index in [-0.39, 0.29) is 66.1 Å². The van der Waals surface area contributed by atoms with Crippen molar-refractivity contribution in [2.75, 3.05) is 0 Å². The number of aromatic nitrogens is 6. The van der Waals surface area contributed by atoms with E-state index in [0.717, 1.165) is 54.9 Å². The van der Waals surface area contributed by atoms with Crippen LogP contribution in [0.5, 0.6) is 0 Å². The van der Waals surface area contributed by atoms with Gasteiger partial charge in [-0.25, -0.2) is 0 Å². The van der Waals surface area contributed by atoms with Crippen LogP contribution in [0.15, 0.2) is 158 Å². The largest absolute Gasteiger partial charge is 0.340 e. The number of imidazole rings is 3. The summed E-state index contributed by atoms with van der Waals surface area (Å²) in [7, 11) is 0. The van der Waals surface area contributed by atoms with Gasteiger partial charge in [0.05, 0.1) is 28.0 Å². The Balaban J connectivity index is 0.000000131. The molecule has 10 heteroatoms. The minimum atomic E-state index is -0.274. The van der Waals surface area contributed by atoms with Gasteiger partial charge in [-0.15, -0.1) is 77.5 Å². The Morgan fingerprint density at radius 1 is 0.477 bits per heavy atom. The number of fused-ring (bicyclic) bond motifs is 20. The average Bonchev–Trinajstić information content (AvgIpc) is 4.10. The Morgan fingerprint density at radius 3 is 1.66 bits per heavy atom. The Hall–Kier alpha value is -5.69. The van der Waals surface area contributed by atoms with Crippen molar-refractivity contribution in [1.29, 1.82) is 0 Å². The Morgan fingerprint density at radius 2 is 1.00 bits per heavy atom. The van der Waals surface area contributed by atoms with E-state index in [9.17, 15) is 4.39 Å². The van der Waals surface area contributed by atoms with Crippen LogP contribution in [-0.2, 0) is 60.3 Å². The first-order valence-corrected chi connectivity index (χ1v) is 21.0. The number of hydrogen-bond acceptors (Lipinski definition) is 3. The molecule has 0 atom stereocenters. The first-order chi connectivity index (χ1) is 30.3. The molecule has 0 unspecified atom stereocenters. The van der Waals surface area contributed by atoms with Crippen LogP contribution < -0.4 is 0 Å². The van der Waals surface area contributed by atoms with Gasteiger partial charge in [-0.1, -0.05) is 104 Å². The number of benzene rings is 7. The van der Waals surface area contributed by atoms with Gasteiger partial charge in [-0.3, -0.25) is 19.3 Å². The van der Waals surface area contributed by atoms with Crippen LogP contribution in [0.2, 0.25) is 0 Å². The fraction of sp³-hybridized carbons (Fsp3) is 0.109. The van der Waals surface area contributed by atoms with Crippen LogP contribution in [0.1, 0.15) is 50.7 Å². The first kappa shape index (κ1) is 45.9. The molecule has 0 saturated carbocycles. The van der Waals surface area contributed by atoms with Crippen molar-refractivity contribution >= 4 is 93.0 Å². The minimum absolute atomic E-state index is 0. The summed E-state index contributed by atoms with van der Waals surface area (Å²) in [5.41, 5.74) is 11.1. The summed E-state index contributed by atoms with van der Waals surface area (Å²) in [6.07, 6.45) is 7.53. The van der Waals surface area contributed by atoms with Crippen LogP contribution in [0.3, 0.4) is 0 Å². The zero-order chi connectivity index (χ0) is 42.1. The molecule has 327 valence electrons. The molecule has 0 fully saturated rings. The van der Waals surface area contributed by atoms with Crippen molar-refractivity contribution in [2.45, 2.75) is 39.5 Å². The molecule has 13 rings (SSSR count). The van der Waals surface area contributed by atoms with Crippen LogP contribution in [0.25, 0.3) is 93.0 Å². The molecule has 6 heterocycles. The van der Waals surface area contributed by atoms with E-state index in [1.807, 2.05) is 71.5 Å². The summed E-state index contributed by atoms with van der Waals surface area (Å²) in [6, 6.07) is 54.7. The molecule has 13 aromatic rings. The number of para-hydroxylation sites is 2. The molecule has 0 amide bonds. The van der Waals surface area contributed by atoms with Crippen molar-refractivity contribution < 1.29 is 64.7 Å². The second-order valence-corrected chi connectivity index (χ2v) is 16.4. The number of pyridine rings is 3. The summed E-state index contributed by atoms with van der Waals surface area (Å²) in [5.74, 6) is 0.752. The smallest absolute Gasteiger partial charge is 0.0774 e. The molecular formula is C55H40FIr3N6-3. The van der Waals surface area contributed by atoms with Crippen molar-refractivity contribution in [3.05, 3.63) is 193 Å². The van der Waals surface area contributed by atoms with E-state index in [0.29, 0.717) is 11.8 Å². The van der Waals surface area contributed by atoms with E-state index in [2.05, 4.69) is 137 Å². The van der Waals surface area contributed by atoms with Crippen LogP contribution in [0, 0.1) is 24.0 Å². The van der Waals surface area contributed by atoms with Gasteiger partial charge in [-0.05, 0) is 69.5 Å². The Labute approximate surface area is 415 Å². The molecule has 0 aliphatic rings. The van der Waals surface area contributed by atoms with Gasteiger partial charge in [0, 0.05) is 107 Å². The van der Waals surface area contributed by atoms with Crippen LogP contribution in [0.4, 0.5) is 4.39 Å². The standard InChI is InChI=1S/C22H17N2.C18H15N2.C15H8FN2.3Ir/c1-14(2)15-11-12-19-21(13-15)24-20-10-6-5-8-17(20)16-7-3-4-9-18(16)22(24)23-19;1-12(2)13-7-8-17-16(11-13)14-5-3-4-6-15(14)18-19-9-10-20(17)18;16-10-5-6-12-13(9-10)11-3-1-2-4-14(11)18-8-7-17-15(12)18;;;/h3-8,10-14H,1-2H3;3-5,7-12H,1-2H3;1-5,7-9H;;;/q3*-1;;;. The van der Waals surface area contributed by atoms with Gasteiger partial charge < -0.3 is 13.2 Å². The summed E-state index contributed by atoms with van der Waals surface area (Å²) >= 11 is 0. The summed E-state index contributed by atoms with van der Waals surface area (Å²) in [4.78, 5) is 13.7. The third-order valence-electron chi connectivity index (χ3n) is 12.0. The van der Waals surface area contributed by atoms with E-state index < -0.39 is 0 Å². The fourth-order valence-corrected chi connectivity index (χ4v) is 8.94. The summed E-state index contributed by atoms with van der Waals surface area (Å²) in [5, 5.41) is 9.82. The number of nitrogens with zero attached hydrogens (tertiary/aromatic N) is 6. The van der Waals surface area contributed by atoms with Gasteiger partial charge in [0.25, 0.3) is 0 Å². The summed E-state index contributed by atoms with van der Waals surface area (Å²) < 4.78 is 19.9. The van der Waals surface area contributed by atoms with Crippen molar-refractivity contribution in [3.8, 4) is 0 Å². The van der Waals surface area contributed by atoms with Gasteiger partial charge in [-0.2, -0.15) is 0 Å². The van der Waals surface area contributed by atoms with E-state index >= 15 is 0 Å². The number of rotatable bonds is 2. The molecule has 6 nitrogen and oxygen atoms in total. The van der Waals surface area contributed by atoms with Crippen LogP contribution in [-0.4, -0.2) is 28.2 Å². The molecule has 7 aromatic carbocycles. The van der Waals surface area contributed by atoms with E-state index in [1.54, 1.807) is 12.3 Å². The molecule has 0 bridgehead atoms. The van der Waals surface area contributed by atoms with Gasteiger partial charge in [0.1, 0.15) is 0 Å². The fourth-order valence-electron chi connectivity index (χ4n) is 8.94. The molecular weight excluding hydrogens is 1340 g/mol. The van der Waals surface area contributed by atoms with Crippen LogP contribution >= 0.6 is 0 Å². The zero-order valence-corrected chi connectivity index (χ0v) is 42.9. The first-order valence-electron chi connectivity index (χ1n) is 21.0. The second kappa shape index (κ2) is 18.7. The Bertz CT molecular complexity index is 3870. The van der Waals surface area contributed by atoms with Gasteiger partial charge in [0.2, 0.25) is 0 Å². The number of hydrogen-bond donors (Lipinski definition) is 0. The maximum absolute atomic E-state index is 13.4. The number of halogens is 1. The maximum atomic E-state index is 13.4. The van der Waals surface area contributed by atoms with E-state index in [4.69, 9.17) is 4.98 Å². The summed E-state index contributed by atoms with van der Waals surface area (Å²) in [6.45, 7) is 8.91. The Kier molecular flexibility index (Phi) is 13.2. The molecule has 65 heavy (non-hydrogen) atoms. The third kappa shape index (κ3) is 7.87. The molecule has 3 radical (unpaired) electrons. The topological polar surface area (TPSA) is 51.9 Å². The van der Waals surface area contributed by atoms with Gasteiger partial charge in [0.15, 0.2) is 0 Å². The SMILES string of the molecule is CC(C)c1ccc2c(c1)c1ccc[c-]c1c1nccn21.CC(C)c1ccc2nc3c4[c-]cccc4c4ccccc4n3c2c1.Fc1c[c-]c2c(c1)c1ccccc1n1ccnc21.[Ir].[Ir].[Ir]. The van der Waals surface area contributed by atoms with Gasteiger partial charge >= 0.3 is 0 Å². The molecule has 0 spiro atoms. The average molecular weight is 1380 g/mol.